The number of ether oxygens (including phenoxy) is 1. The zero-order valence-corrected chi connectivity index (χ0v) is 28.5. The number of allylic oxidation sites excluding steroid dienone is 1. The number of quaternary nitrogens is 1. The van der Waals surface area contributed by atoms with Crippen LogP contribution in [-0.4, -0.2) is 73.9 Å². The first-order chi connectivity index (χ1) is 20.2. The van der Waals surface area contributed by atoms with Crippen molar-refractivity contribution in [2.75, 3.05) is 52.4 Å². The molecule has 0 aromatic carbocycles. The summed E-state index contributed by atoms with van der Waals surface area (Å²) < 4.78 is 7.46. The average molecular weight is 595 g/mol. The summed E-state index contributed by atoms with van der Waals surface area (Å²) in [7, 11) is 0. The predicted molar refractivity (Wildman–Crippen MR) is 170 cm³/mol. The number of piperazine rings is 3. The number of rotatable bonds is 5. The molecular formula is C38H62N2O3. The van der Waals surface area contributed by atoms with E-state index in [-0.39, 0.29) is 40.3 Å². The van der Waals surface area contributed by atoms with Crippen LogP contribution >= 0.6 is 0 Å². The molecule has 3 saturated heterocycles. The highest BCUT2D eigenvalue weighted by Gasteiger charge is 2.70. The van der Waals surface area contributed by atoms with Crippen LogP contribution in [0, 0.1) is 56.7 Å². The van der Waals surface area contributed by atoms with E-state index in [1.54, 1.807) is 0 Å². The Bertz CT molecular complexity index is 1130. The molecule has 8 fully saturated rings. The monoisotopic (exact) mass is 594 g/mol. The van der Waals surface area contributed by atoms with Crippen LogP contribution in [0.25, 0.3) is 0 Å². The van der Waals surface area contributed by atoms with Gasteiger partial charge in [-0.2, -0.15) is 0 Å². The number of fused-ring (bicyclic) bond motifs is 10. The van der Waals surface area contributed by atoms with Crippen molar-refractivity contribution < 1.29 is 19.1 Å². The zero-order chi connectivity index (χ0) is 30.6. The van der Waals surface area contributed by atoms with E-state index in [0.717, 1.165) is 63.0 Å². The Hall–Kier alpha value is -0.910. The van der Waals surface area contributed by atoms with Crippen LogP contribution in [0.1, 0.15) is 106 Å². The molecule has 3 heterocycles. The van der Waals surface area contributed by atoms with Crippen LogP contribution in [-0.2, 0) is 9.53 Å². The SMILES string of the molecule is C=C(C)[C@@H]1CC[C@]2(C[O-])CC[C@]3(C)C(CCC4[C@@]5(C)CC[C@H](OC(=O)C[N+]67CCN(CC6)CC7)C(C)(C)C5CC[C@]43C)C12. The topological polar surface area (TPSA) is 52.6 Å². The molecule has 8 rings (SSSR count). The summed E-state index contributed by atoms with van der Waals surface area (Å²) in [6, 6.07) is 0. The maximum absolute atomic E-state index is 13.5. The molecule has 5 heteroatoms. The van der Waals surface area contributed by atoms with Crippen molar-refractivity contribution in [2.24, 2.45) is 56.7 Å². The Kier molecular flexibility index (Phi) is 7.18. The number of carbonyl (C=O) groups is 1. The number of carbonyl (C=O) groups excluding carboxylic acids is 1. The molecule has 0 amide bonds. The molecule has 0 aromatic rings. The van der Waals surface area contributed by atoms with E-state index in [1.165, 1.54) is 50.5 Å². The fourth-order valence-electron chi connectivity index (χ4n) is 14.2. The van der Waals surface area contributed by atoms with E-state index in [4.69, 9.17) is 4.74 Å². The second kappa shape index (κ2) is 10.0. The van der Waals surface area contributed by atoms with Crippen molar-refractivity contribution >= 4 is 5.97 Å². The first-order valence-corrected chi connectivity index (χ1v) is 18.2. The van der Waals surface area contributed by atoms with Gasteiger partial charge in [0.25, 0.3) is 0 Å². The first-order valence-electron chi connectivity index (χ1n) is 18.2. The normalized spacial score (nSPS) is 53.2. The molecule has 5 aliphatic carbocycles. The van der Waals surface area contributed by atoms with E-state index in [0.29, 0.717) is 41.5 Å². The van der Waals surface area contributed by atoms with Gasteiger partial charge in [0.15, 0.2) is 6.54 Å². The summed E-state index contributed by atoms with van der Waals surface area (Å²) in [4.78, 5) is 16.0. The van der Waals surface area contributed by atoms with Crippen LogP contribution < -0.4 is 5.11 Å². The lowest BCUT2D eigenvalue weighted by Crippen LogP contribution is -2.69. The average Bonchev–Trinajstić information content (AvgIpc) is 3.36. The Morgan fingerprint density at radius 1 is 0.860 bits per heavy atom. The molecule has 5 saturated carbocycles. The van der Waals surface area contributed by atoms with E-state index < -0.39 is 0 Å². The smallest absolute Gasteiger partial charge is 0.362 e. The maximum atomic E-state index is 13.5. The van der Waals surface area contributed by atoms with Crippen molar-refractivity contribution in [3.05, 3.63) is 12.2 Å². The summed E-state index contributed by atoms with van der Waals surface area (Å²) >= 11 is 0. The van der Waals surface area contributed by atoms with Crippen LogP contribution in [0.3, 0.4) is 0 Å². The van der Waals surface area contributed by atoms with Gasteiger partial charge in [0.1, 0.15) is 6.10 Å². The Morgan fingerprint density at radius 2 is 1.56 bits per heavy atom. The highest BCUT2D eigenvalue weighted by Crippen LogP contribution is 2.77. The van der Waals surface area contributed by atoms with Gasteiger partial charge in [-0.1, -0.05) is 46.8 Å². The first kappa shape index (κ1) is 30.7. The number of esters is 1. The van der Waals surface area contributed by atoms with Gasteiger partial charge in [-0.15, -0.1) is 6.61 Å². The molecule has 2 bridgehead atoms. The summed E-state index contributed by atoms with van der Waals surface area (Å²) in [6.07, 6.45) is 12.0. The molecule has 8 aliphatic rings. The minimum atomic E-state index is -0.0108. The van der Waals surface area contributed by atoms with Gasteiger partial charge in [0.2, 0.25) is 0 Å². The van der Waals surface area contributed by atoms with Crippen LogP contribution in [0.15, 0.2) is 12.2 Å². The molecule has 10 atom stereocenters. The van der Waals surface area contributed by atoms with Gasteiger partial charge < -0.3 is 14.3 Å². The van der Waals surface area contributed by atoms with Gasteiger partial charge in [0, 0.05) is 25.0 Å². The molecule has 3 aliphatic heterocycles. The zero-order valence-electron chi connectivity index (χ0n) is 28.5. The van der Waals surface area contributed by atoms with Crippen molar-refractivity contribution in [3.63, 3.8) is 0 Å². The summed E-state index contributed by atoms with van der Waals surface area (Å²) in [5.74, 6) is 3.05. The lowest BCUT2D eigenvalue weighted by atomic mass is 9.32. The molecule has 0 N–H and O–H groups in total. The van der Waals surface area contributed by atoms with E-state index >= 15 is 0 Å². The molecule has 0 spiro atoms. The summed E-state index contributed by atoms with van der Waals surface area (Å²) in [5, 5.41) is 12.9. The summed E-state index contributed by atoms with van der Waals surface area (Å²) in [6.45, 7) is 27.0. The van der Waals surface area contributed by atoms with Gasteiger partial charge in [-0.3, -0.25) is 4.90 Å². The minimum absolute atomic E-state index is 0.00887. The molecule has 0 aromatic heterocycles. The number of nitrogens with zero attached hydrogens (tertiary/aromatic N) is 2. The maximum Gasteiger partial charge on any atom is 0.362 e. The molecule has 0 radical (unpaired) electrons. The van der Waals surface area contributed by atoms with E-state index in [9.17, 15) is 9.90 Å². The van der Waals surface area contributed by atoms with Gasteiger partial charge in [-0.05, 0) is 122 Å². The Labute approximate surface area is 262 Å². The number of hydrogen-bond acceptors (Lipinski definition) is 4. The highest BCUT2D eigenvalue weighted by molar-refractivity contribution is 5.71. The van der Waals surface area contributed by atoms with Crippen molar-refractivity contribution in [2.45, 2.75) is 112 Å². The largest absolute Gasteiger partial charge is 0.854 e. The molecule has 5 nitrogen and oxygen atoms in total. The van der Waals surface area contributed by atoms with Crippen LogP contribution in [0.2, 0.25) is 0 Å². The second-order valence-electron chi connectivity index (χ2n) is 18.5. The van der Waals surface area contributed by atoms with Crippen molar-refractivity contribution in [3.8, 4) is 0 Å². The standard InChI is InChI=1S/C38H62N2O3/c1-26(2)27-10-15-38(25-41)17-16-36(6)28(33(27)38)8-9-30-35(5)13-12-31(34(3,4)29(35)11-14-37(30,36)7)43-32(42)24-40-21-18-39(19-22-40)20-23-40/h27-31,33H,1,8-25H2,2-7H3/t27-,28?,29?,30?,31-,33?,35-,36+,37+,38+/m0/s1. The lowest BCUT2D eigenvalue weighted by molar-refractivity contribution is -0.934. The van der Waals surface area contributed by atoms with E-state index in [1.807, 2.05) is 0 Å². The number of hydrogen-bond donors (Lipinski definition) is 0. The molecule has 4 unspecified atom stereocenters. The lowest BCUT2D eigenvalue weighted by Gasteiger charge is -2.73. The minimum Gasteiger partial charge on any atom is -0.854 e. The van der Waals surface area contributed by atoms with Gasteiger partial charge in [-0.25, -0.2) is 4.79 Å². The molecule has 242 valence electrons. The van der Waals surface area contributed by atoms with Gasteiger partial charge >= 0.3 is 5.97 Å². The predicted octanol–water partition coefficient (Wildman–Crippen LogP) is 6.06. The summed E-state index contributed by atoms with van der Waals surface area (Å²) in [5.41, 5.74) is 2.18. The quantitative estimate of drug-likeness (QED) is 0.221. The Balaban J connectivity index is 1.11. The molecular weight excluding hydrogens is 532 g/mol. The van der Waals surface area contributed by atoms with Crippen LogP contribution in [0.5, 0.6) is 0 Å². The molecule has 43 heavy (non-hydrogen) atoms. The fraction of sp³-hybridized carbons (Fsp3) is 0.921. The van der Waals surface area contributed by atoms with Crippen LogP contribution in [0.4, 0.5) is 0 Å². The third kappa shape index (κ3) is 4.21. The van der Waals surface area contributed by atoms with Crippen molar-refractivity contribution in [1.82, 2.24) is 4.90 Å². The second-order valence-corrected chi connectivity index (χ2v) is 18.5. The van der Waals surface area contributed by atoms with Crippen molar-refractivity contribution in [1.29, 1.82) is 0 Å². The van der Waals surface area contributed by atoms with E-state index in [2.05, 4.69) is 53.0 Å². The van der Waals surface area contributed by atoms with Gasteiger partial charge in [0.05, 0.1) is 19.6 Å². The Morgan fingerprint density at radius 3 is 2.21 bits per heavy atom. The highest BCUT2D eigenvalue weighted by atomic mass is 16.5. The third-order valence-corrected chi connectivity index (χ3v) is 16.9. The fourth-order valence-corrected chi connectivity index (χ4v) is 14.2. The third-order valence-electron chi connectivity index (χ3n) is 16.9.